The maximum atomic E-state index is 12.6. The second-order valence-corrected chi connectivity index (χ2v) is 5.28. The van der Waals surface area contributed by atoms with E-state index in [1.54, 1.807) is 18.7 Å². The van der Waals surface area contributed by atoms with Crippen molar-refractivity contribution < 1.29 is 4.79 Å². The van der Waals surface area contributed by atoms with Crippen molar-refractivity contribution in [3.05, 3.63) is 44.9 Å². The fourth-order valence-corrected chi connectivity index (χ4v) is 2.60. The van der Waals surface area contributed by atoms with Crippen LogP contribution in [0.25, 0.3) is 0 Å². The van der Waals surface area contributed by atoms with Crippen molar-refractivity contribution in [1.29, 1.82) is 0 Å². The highest BCUT2D eigenvalue weighted by molar-refractivity contribution is 5.95. The topological polar surface area (TPSA) is 118 Å². The van der Waals surface area contributed by atoms with Gasteiger partial charge in [0, 0.05) is 18.3 Å². The minimum atomic E-state index is -0.178. The second kappa shape index (κ2) is 5.21. The highest BCUT2D eigenvalue weighted by Crippen LogP contribution is 2.17. The maximum Gasteiger partial charge on any atom is 0.257 e. The number of nitrogen functional groups attached to an aromatic ring is 1. The van der Waals surface area contributed by atoms with E-state index in [-0.39, 0.29) is 17.4 Å². The van der Waals surface area contributed by atoms with Crippen LogP contribution >= 0.6 is 0 Å². The summed E-state index contributed by atoms with van der Waals surface area (Å²) < 4.78 is 0. The van der Waals surface area contributed by atoms with Gasteiger partial charge in [-0.15, -0.1) is 0 Å². The maximum absolute atomic E-state index is 12.6. The summed E-state index contributed by atoms with van der Waals surface area (Å²) in [5.41, 5.74) is 7.64. The molecule has 22 heavy (non-hydrogen) atoms. The largest absolute Gasteiger partial charge is 0.368 e. The van der Waals surface area contributed by atoms with Crippen LogP contribution in [0.4, 0.5) is 5.95 Å². The first-order valence-corrected chi connectivity index (χ1v) is 6.93. The van der Waals surface area contributed by atoms with Crippen LogP contribution in [0.15, 0.2) is 11.0 Å². The first kappa shape index (κ1) is 14.2. The molecule has 0 spiro atoms. The SMILES string of the molecule is Cc1nc2c(c(=O)[nH]1)CCN(C(=O)c1cnc(N)nc1C)C2. The number of nitrogens with one attached hydrogen (secondary N) is 1. The van der Waals surface area contributed by atoms with E-state index in [0.29, 0.717) is 47.8 Å². The fourth-order valence-electron chi connectivity index (χ4n) is 2.60. The highest BCUT2D eigenvalue weighted by Gasteiger charge is 2.26. The Hall–Kier alpha value is -2.77. The third-order valence-corrected chi connectivity index (χ3v) is 3.71. The van der Waals surface area contributed by atoms with Gasteiger partial charge in [0.2, 0.25) is 5.95 Å². The van der Waals surface area contributed by atoms with Gasteiger partial charge in [-0.25, -0.2) is 15.0 Å². The molecule has 114 valence electrons. The van der Waals surface area contributed by atoms with Crippen LogP contribution in [0.5, 0.6) is 0 Å². The Morgan fingerprint density at radius 2 is 2.14 bits per heavy atom. The quantitative estimate of drug-likeness (QED) is 0.763. The summed E-state index contributed by atoms with van der Waals surface area (Å²) in [5.74, 6) is 0.509. The summed E-state index contributed by atoms with van der Waals surface area (Å²) in [4.78, 5) is 41.1. The minimum Gasteiger partial charge on any atom is -0.368 e. The van der Waals surface area contributed by atoms with Crippen LogP contribution in [-0.4, -0.2) is 37.3 Å². The van der Waals surface area contributed by atoms with Crippen LogP contribution in [-0.2, 0) is 13.0 Å². The Balaban J connectivity index is 1.91. The molecule has 0 radical (unpaired) electrons. The summed E-state index contributed by atoms with van der Waals surface area (Å²) >= 11 is 0. The number of carbonyl (C=O) groups excluding carboxylic acids is 1. The Morgan fingerprint density at radius 1 is 1.36 bits per heavy atom. The molecule has 8 nitrogen and oxygen atoms in total. The van der Waals surface area contributed by atoms with E-state index in [4.69, 9.17) is 5.73 Å². The molecule has 0 aromatic carbocycles. The summed E-state index contributed by atoms with van der Waals surface area (Å²) in [5, 5.41) is 0. The Labute approximate surface area is 126 Å². The molecule has 3 rings (SSSR count). The van der Waals surface area contributed by atoms with Gasteiger partial charge < -0.3 is 15.6 Å². The molecule has 0 unspecified atom stereocenters. The Bertz CT molecular complexity index is 813. The van der Waals surface area contributed by atoms with E-state index < -0.39 is 0 Å². The van der Waals surface area contributed by atoms with Crippen molar-refractivity contribution in [2.45, 2.75) is 26.8 Å². The summed E-state index contributed by atoms with van der Waals surface area (Å²) in [6.07, 6.45) is 1.92. The van der Waals surface area contributed by atoms with E-state index in [2.05, 4.69) is 19.9 Å². The second-order valence-electron chi connectivity index (χ2n) is 5.28. The predicted molar refractivity (Wildman–Crippen MR) is 79.2 cm³/mol. The predicted octanol–water partition coefficient (Wildman–Crippen LogP) is -0.0426. The van der Waals surface area contributed by atoms with Gasteiger partial charge in [-0.3, -0.25) is 9.59 Å². The van der Waals surface area contributed by atoms with Crippen molar-refractivity contribution in [3.63, 3.8) is 0 Å². The summed E-state index contributed by atoms with van der Waals surface area (Å²) in [6.45, 7) is 4.21. The summed E-state index contributed by atoms with van der Waals surface area (Å²) in [6, 6.07) is 0. The number of hydrogen-bond donors (Lipinski definition) is 2. The van der Waals surface area contributed by atoms with Gasteiger partial charge in [0.15, 0.2) is 0 Å². The smallest absolute Gasteiger partial charge is 0.257 e. The van der Waals surface area contributed by atoms with Crippen molar-refractivity contribution >= 4 is 11.9 Å². The molecule has 2 aromatic rings. The lowest BCUT2D eigenvalue weighted by Gasteiger charge is -2.28. The monoisotopic (exact) mass is 300 g/mol. The first-order valence-electron chi connectivity index (χ1n) is 6.93. The van der Waals surface area contributed by atoms with Crippen molar-refractivity contribution in [2.24, 2.45) is 0 Å². The third-order valence-electron chi connectivity index (χ3n) is 3.71. The number of hydrogen-bond acceptors (Lipinski definition) is 6. The molecule has 1 amide bonds. The van der Waals surface area contributed by atoms with Gasteiger partial charge in [0.1, 0.15) is 5.82 Å². The first-order chi connectivity index (χ1) is 10.5. The zero-order chi connectivity index (χ0) is 15.9. The van der Waals surface area contributed by atoms with Crippen LogP contribution in [0, 0.1) is 13.8 Å². The zero-order valence-electron chi connectivity index (χ0n) is 12.4. The van der Waals surface area contributed by atoms with Crippen molar-refractivity contribution in [3.8, 4) is 0 Å². The molecular weight excluding hydrogens is 284 g/mol. The normalized spacial score (nSPS) is 13.8. The van der Waals surface area contributed by atoms with Gasteiger partial charge in [-0.05, 0) is 20.3 Å². The van der Waals surface area contributed by atoms with Crippen molar-refractivity contribution in [2.75, 3.05) is 12.3 Å². The molecule has 1 aliphatic heterocycles. The van der Waals surface area contributed by atoms with E-state index in [1.165, 1.54) is 6.20 Å². The molecule has 3 N–H and O–H groups in total. The fraction of sp³-hybridized carbons (Fsp3) is 0.357. The van der Waals surface area contributed by atoms with Crippen LogP contribution in [0.2, 0.25) is 0 Å². The number of fused-ring (bicyclic) bond motifs is 1. The number of amides is 1. The zero-order valence-corrected chi connectivity index (χ0v) is 12.4. The van der Waals surface area contributed by atoms with Gasteiger partial charge in [-0.2, -0.15) is 0 Å². The van der Waals surface area contributed by atoms with E-state index in [9.17, 15) is 9.59 Å². The number of rotatable bonds is 1. The van der Waals surface area contributed by atoms with Gasteiger partial charge in [-0.1, -0.05) is 0 Å². The molecule has 0 fully saturated rings. The number of aromatic amines is 1. The number of carbonyl (C=O) groups is 1. The van der Waals surface area contributed by atoms with Crippen LogP contribution in [0.1, 0.15) is 33.1 Å². The minimum absolute atomic E-state index is 0.124. The molecule has 0 aliphatic carbocycles. The lowest BCUT2D eigenvalue weighted by molar-refractivity contribution is 0.0729. The van der Waals surface area contributed by atoms with Gasteiger partial charge in [0.05, 0.1) is 23.5 Å². The number of aromatic nitrogens is 4. The molecule has 0 saturated carbocycles. The van der Waals surface area contributed by atoms with E-state index >= 15 is 0 Å². The van der Waals surface area contributed by atoms with E-state index in [0.717, 1.165) is 0 Å². The molecule has 0 saturated heterocycles. The Morgan fingerprint density at radius 3 is 2.86 bits per heavy atom. The van der Waals surface area contributed by atoms with Crippen molar-refractivity contribution in [1.82, 2.24) is 24.8 Å². The Kier molecular flexibility index (Phi) is 3.36. The summed E-state index contributed by atoms with van der Waals surface area (Å²) in [7, 11) is 0. The molecule has 0 atom stereocenters. The van der Waals surface area contributed by atoms with E-state index in [1.807, 2.05) is 0 Å². The lowest BCUT2D eigenvalue weighted by atomic mass is 10.1. The highest BCUT2D eigenvalue weighted by atomic mass is 16.2. The van der Waals surface area contributed by atoms with Gasteiger partial charge in [0.25, 0.3) is 11.5 Å². The number of H-pyrrole nitrogens is 1. The number of aryl methyl sites for hydroxylation is 2. The van der Waals surface area contributed by atoms with Crippen LogP contribution < -0.4 is 11.3 Å². The number of nitrogens with two attached hydrogens (primary N) is 1. The average Bonchev–Trinajstić information content (AvgIpc) is 2.45. The number of nitrogens with zero attached hydrogens (tertiary/aromatic N) is 4. The molecule has 8 heteroatoms. The molecule has 1 aliphatic rings. The number of anilines is 1. The lowest BCUT2D eigenvalue weighted by Crippen LogP contribution is -2.39. The molecule has 3 heterocycles. The third kappa shape index (κ3) is 2.43. The standard InChI is InChI=1S/C14H16N6O2/c1-7-10(5-16-14(15)17-7)13(22)20-4-3-9-11(6-20)18-8(2)19-12(9)21/h5H,3-4,6H2,1-2H3,(H2,15,16,17)(H,18,19,21). The molecule has 2 aromatic heterocycles. The average molecular weight is 300 g/mol. The molecular formula is C14H16N6O2. The molecule has 0 bridgehead atoms. The van der Waals surface area contributed by atoms with Crippen LogP contribution in [0.3, 0.4) is 0 Å². The van der Waals surface area contributed by atoms with Gasteiger partial charge >= 0.3 is 0 Å².